The number of aliphatic hydroxyl groups is 1. The molecule has 9 heavy (non-hydrogen) atoms. The molecule has 2 aliphatic rings. The van der Waals surface area contributed by atoms with E-state index in [1.54, 1.807) is 0 Å². The van der Waals surface area contributed by atoms with Crippen LogP contribution in [0, 0.1) is 11.8 Å². The second-order valence-corrected chi connectivity index (χ2v) is 3.40. The number of fused-ring (bicyclic) bond motifs is 2. The van der Waals surface area contributed by atoms with Crippen molar-refractivity contribution in [1.82, 2.24) is 0 Å². The highest BCUT2D eigenvalue weighted by atomic mass is 16.3. The molecule has 2 aliphatic carbocycles. The van der Waals surface area contributed by atoms with Crippen LogP contribution in [-0.2, 0) is 0 Å². The first-order valence-corrected chi connectivity index (χ1v) is 3.72. The lowest BCUT2D eigenvalue weighted by atomic mass is 9.94. The molecule has 52 valence electrons. The minimum atomic E-state index is -0.177. The maximum absolute atomic E-state index is 9.36. The zero-order valence-electron chi connectivity index (χ0n) is 5.46. The Morgan fingerprint density at radius 2 is 1.89 bits per heavy atom. The molecule has 0 aromatic carbocycles. The zero-order valence-corrected chi connectivity index (χ0v) is 5.46. The first kappa shape index (κ1) is 5.69. The lowest BCUT2D eigenvalue weighted by Gasteiger charge is -2.22. The first-order valence-electron chi connectivity index (χ1n) is 3.72. The van der Waals surface area contributed by atoms with Gasteiger partial charge in [-0.2, -0.15) is 0 Å². The van der Waals surface area contributed by atoms with Crippen LogP contribution >= 0.6 is 0 Å². The van der Waals surface area contributed by atoms with Crippen LogP contribution in [0.5, 0.6) is 0 Å². The maximum atomic E-state index is 9.36. The number of hydrogen-bond acceptors (Lipinski definition) is 2. The first-order chi connectivity index (χ1) is 4.29. The molecule has 2 nitrogen and oxygen atoms in total. The van der Waals surface area contributed by atoms with Crippen molar-refractivity contribution < 1.29 is 5.11 Å². The SMILES string of the molecule is N[C@@H]1[C@H]2CC[C@@H](C2)[C@@H]1O. The number of hydrogen-bond donors (Lipinski definition) is 2. The van der Waals surface area contributed by atoms with Crippen molar-refractivity contribution in [3.05, 3.63) is 0 Å². The lowest BCUT2D eigenvalue weighted by molar-refractivity contribution is 0.0944. The summed E-state index contributed by atoms with van der Waals surface area (Å²) in [4.78, 5) is 0. The summed E-state index contributed by atoms with van der Waals surface area (Å²) in [5, 5.41) is 9.36. The molecule has 0 spiro atoms. The normalized spacial score (nSPS) is 56.7. The third-order valence-electron chi connectivity index (χ3n) is 2.94. The Bertz CT molecular complexity index is 108. The summed E-state index contributed by atoms with van der Waals surface area (Å²) in [5.74, 6) is 1.19. The van der Waals surface area contributed by atoms with E-state index < -0.39 is 0 Å². The second kappa shape index (κ2) is 1.70. The molecule has 0 radical (unpaired) electrons. The number of aliphatic hydroxyl groups excluding tert-OH is 1. The van der Waals surface area contributed by atoms with Gasteiger partial charge >= 0.3 is 0 Å². The number of nitrogens with two attached hydrogens (primary N) is 1. The quantitative estimate of drug-likeness (QED) is 0.485. The maximum Gasteiger partial charge on any atom is 0.0721 e. The fraction of sp³-hybridized carbons (Fsp3) is 1.00. The zero-order chi connectivity index (χ0) is 6.43. The molecule has 0 heterocycles. The van der Waals surface area contributed by atoms with Crippen molar-refractivity contribution in [3.8, 4) is 0 Å². The summed E-state index contributed by atoms with van der Waals surface area (Å²) in [6.07, 6.45) is 3.47. The minimum absolute atomic E-state index is 0.101. The van der Waals surface area contributed by atoms with Crippen LogP contribution in [0.25, 0.3) is 0 Å². The van der Waals surface area contributed by atoms with Crippen molar-refractivity contribution in [2.75, 3.05) is 0 Å². The van der Waals surface area contributed by atoms with E-state index in [1.807, 2.05) is 0 Å². The molecule has 0 aromatic rings. The van der Waals surface area contributed by atoms with E-state index in [0.717, 1.165) is 0 Å². The Labute approximate surface area is 55.1 Å². The van der Waals surface area contributed by atoms with Gasteiger partial charge in [-0.25, -0.2) is 0 Å². The van der Waals surface area contributed by atoms with E-state index in [-0.39, 0.29) is 12.1 Å². The third-order valence-corrected chi connectivity index (χ3v) is 2.94. The van der Waals surface area contributed by atoms with E-state index >= 15 is 0 Å². The highest BCUT2D eigenvalue weighted by Crippen LogP contribution is 2.43. The summed E-state index contributed by atoms with van der Waals surface area (Å²) in [6.45, 7) is 0. The molecular formula is C7H13NO. The fourth-order valence-electron chi connectivity index (χ4n) is 2.31. The number of rotatable bonds is 0. The van der Waals surface area contributed by atoms with Crippen LogP contribution in [0.2, 0.25) is 0 Å². The Hall–Kier alpha value is -0.0800. The lowest BCUT2D eigenvalue weighted by Crippen LogP contribution is -2.39. The standard InChI is InChI=1S/C7H13NO/c8-6-4-1-2-5(3-4)7(6)9/h4-7,9H,1-3,8H2/t4-,5-,6+,7-/m0/s1. The second-order valence-electron chi connectivity index (χ2n) is 3.40. The highest BCUT2D eigenvalue weighted by Gasteiger charge is 2.44. The molecule has 0 unspecified atom stereocenters. The molecule has 2 fully saturated rings. The summed E-state index contributed by atoms with van der Waals surface area (Å²) < 4.78 is 0. The molecule has 0 aromatic heterocycles. The Morgan fingerprint density at radius 1 is 1.22 bits per heavy atom. The van der Waals surface area contributed by atoms with Crippen molar-refractivity contribution >= 4 is 0 Å². The van der Waals surface area contributed by atoms with Crippen LogP contribution < -0.4 is 5.73 Å². The monoisotopic (exact) mass is 127 g/mol. The molecule has 3 N–H and O–H groups in total. The van der Waals surface area contributed by atoms with Crippen molar-refractivity contribution in [2.45, 2.75) is 31.4 Å². The highest BCUT2D eigenvalue weighted by molar-refractivity contribution is 4.98. The average molecular weight is 127 g/mol. The average Bonchev–Trinajstić information content (AvgIpc) is 2.37. The molecular weight excluding hydrogens is 114 g/mol. The fourth-order valence-corrected chi connectivity index (χ4v) is 2.31. The molecule has 2 saturated carbocycles. The molecule has 2 heteroatoms. The molecule has 2 bridgehead atoms. The summed E-state index contributed by atoms with van der Waals surface area (Å²) >= 11 is 0. The van der Waals surface area contributed by atoms with Crippen LogP contribution in [-0.4, -0.2) is 17.3 Å². The Morgan fingerprint density at radius 3 is 2.22 bits per heavy atom. The molecule has 0 amide bonds. The van der Waals surface area contributed by atoms with Gasteiger partial charge in [-0.05, 0) is 31.1 Å². The summed E-state index contributed by atoms with van der Waals surface area (Å²) in [5.41, 5.74) is 5.71. The Balaban J connectivity index is 2.15. The van der Waals surface area contributed by atoms with Gasteiger partial charge in [0.1, 0.15) is 0 Å². The largest absolute Gasteiger partial charge is 0.391 e. The smallest absolute Gasteiger partial charge is 0.0721 e. The van der Waals surface area contributed by atoms with E-state index in [9.17, 15) is 5.11 Å². The summed E-state index contributed by atoms with van der Waals surface area (Å²) in [7, 11) is 0. The molecule has 0 saturated heterocycles. The van der Waals surface area contributed by atoms with Crippen LogP contribution in [0.4, 0.5) is 0 Å². The van der Waals surface area contributed by atoms with Gasteiger partial charge in [0.25, 0.3) is 0 Å². The van der Waals surface area contributed by atoms with Gasteiger partial charge in [0.05, 0.1) is 6.10 Å². The van der Waals surface area contributed by atoms with Gasteiger partial charge < -0.3 is 10.8 Å². The van der Waals surface area contributed by atoms with Crippen molar-refractivity contribution in [2.24, 2.45) is 17.6 Å². The van der Waals surface area contributed by atoms with E-state index in [0.29, 0.717) is 11.8 Å². The van der Waals surface area contributed by atoms with Crippen molar-refractivity contribution in [3.63, 3.8) is 0 Å². The predicted octanol–water partition coefficient (Wildman–Crippen LogP) is 0.104. The van der Waals surface area contributed by atoms with Gasteiger partial charge in [0.2, 0.25) is 0 Å². The van der Waals surface area contributed by atoms with Crippen LogP contribution in [0.15, 0.2) is 0 Å². The van der Waals surface area contributed by atoms with E-state index in [4.69, 9.17) is 5.73 Å². The molecule has 0 aliphatic heterocycles. The van der Waals surface area contributed by atoms with Crippen LogP contribution in [0.3, 0.4) is 0 Å². The Kier molecular flexibility index (Phi) is 1.08. The van der Waals surface area contributed by atoms with Gasteiger partial charge in [0, 0.05) is 6.04 Å². The van der Waals surface area contributed by atoms with Gasteiger partial charge in [0.15, 0.2) is 0 Å². The summed E-state index contributed by atoms with van der Waals surface area (Å²) in [6, 6.07) is 0.101. The molecule has 4 atom stereocenters. The van der Waals surface area contributed by atoms with Gasteiger partial charge in [-0.15, -0.1) is 0 Å². The predicted molar refractivity (Wildman–Crippen MR) is 34.8 cm³/mol. The van der Waals surface area contributed by atoms with Gasteiger partial charge in [-0.1, -0.05) is 0 Å². The molecule has 2 rings (SSSR count). The van der Waals surface area contributed by atoms with Crippen LogP contribution in [0.1, 0.15) is 19.3 Å². The third kappa shape index (κ3) is 0.634. The van der Waals surface area contributed by atoms with Gasteiger partial charge in [-0.3, -0.25) is 0 Å². The topological polar surface area (TPSA) is 46.2 Å². The van der Waals surface area contributed by atoms with Crippen molar-refractivity contribution in [1.29, 1.82) is 0 Å². The minimum Gasteiger partial charge on any atom is -0.391 e. The van der Waals surface area contributed by atoms with E-state index in [1.165, 1.54) is 19.3 Å². The van der Waals surface area contributed by atoms with E-state index in [2.05, 4.69) is 0 Å².